The molecule has 0 unspecified atom stereocenters. The zero-order valence-electron chi connectivity index (χ0n) is 11.7. The lowest BCUT2D eigenvalue weighted by Gasteiger charge is -2.23. The molecule has 0 bridgehead atoms. The van der Waals surface area contributed by atoms with Crippen molar-refractivity contribution in [2.45, 2.75) is 11.8 Å². The van der Waals surface area contributed by atoms with E-state index in [0.29, 0.717) is 24.7 Å². The normalized spacial score (nSPS) is 17.6. The van der Waals surface area contributed by atoms with Gasteiger partial charge in [-0.2, -0.15) is 0 Å². The number of aliphatic carboxylic acids is 1. The molecule has 1 aliphatic heterocycles. The molecule has 1 aliphatic rings. The maximum atomic E-state index is 11.9. The Hall–Kier alpha value is -1.89. The number of carboxylic acids is 1. The van der Waals surface area contributed by atoms with Crippen LogP contribution < -0.4 is 9.47 Å². The first-order valence-corrected chi connectivity index (χ1v) is 7.55. The summed E-state index contributed by atoms with van der Waals surface area (Å²) >= 11 is 1.58. The van der Waals surface area contributed by atoms with Gasteiger partial charge in [-0.15, -0.1) is 11.8 Å². The Morgan fingerprint density at radius 3 is 2.76 bits per heavy atom. The molecule has 1 N–H and O–H groups in total. The fourth-order valence-electron chi connectivity index (χ4n) is 2.07. The topological polar surface area (TPSA) is 76.1 Å². The molecule has 21 heavy (non-hydrogen) atoms. The van der Waals surface area contributed by atoms with Crippen LogP contribution in [0.4, 0.5) is 0 Å². The number of nitrogens with zero attached hydrogens (tertiary/aromatic N) is 1. The quantitative estimate of drug-likeness (QED) is 0.801. The molecule has 7 heteroatoms. The molecule has 1 atom stereocenters. The van der Waals surface area contributed by atoms with Crippen LogP contribution in [0, 0.1) is 0 Å². The second-order valence-electron chi connectivity index (χ2n) is 4.44. The third-order valence-corrected chi connectivity index (χ3v) is 4.26. The number of methoxy groups -OCH3 is 1. The van der Waals surface area contributed by atoms with E-state index in [-0.39, 0.29) is 11.3 Å². The Bertz CT molecular complexity index is 522. The number of ether oxygens (including phenoxy) is 2. The summed E-state index contributed by atoms with van der Waals surface area (Å²) in [6.07, 6.45) is -0.480. The molecule has 0 aliphatic carbocycles. The van der Waals surface area contributed by atoms with Gasteiger partial charge in [0.25, 0.3) is 0 Å². The zero-order chi connectivity index (χ0) is 15.2. The van der Waals surface area contributed by atoms with Crippen LogP contribution in [0.15, 0.2) is 24.3 Å². The van der Waals surface area contributed by atoms with Crippen LogP contribution in [0.5, 0.6) is 11.5 Å². The molecule has 114 valence electrons. The van der Waals surface area contributed by atoms with E-state index in [1.54, 1.807) is 35.9 Å². The van der Waals surface area contributed by atoms with Gasteiger partial charge in [-0.05, 0) is 12.1 Å². The summed E-state index contributed by atoms with van der Waals surface area (Å²) in [6.45, 7) is 0.854. The Kier molecular flexibility index (Phi) is 5.32. The van der Waals surface area contributed by atoms with Crippen molar-refractivity contribution in [2.24, 2.45) is 0 Å². The van der Waals surface area contributed by atoms with Gasteiger partial charge < -0.3 is 19.5 Å². The largest absolute Gasteiger partial charge is 0.493 e. The average Bonchev–Trinajstić information content (AvgIpc) is 2.93. The molecule has 6 nitrogen and oxygen atoms in total. The van der Waals surface area contributed by atoms with Crippen LogP contribution in [-0.2, 0) is 9.59 Å². The number of carbonyl (C=O) groups excluding carboxylic acids is 1. The highest BCUT2D eigenvalue weighted by molar-refractivity contribution is 8.00. The third kappa shape index (κ3) is 4.04. The molecule has 1 aromatic rings. The summed E-state index contributed by atoms with van der Waals surface area (Å²) in [5, 5.41) is 8.54. The summed E-state index contributed by atoms with van der Waals surface area (Å²) in [6, 6.07) is 7.28. The van der Waals surface area contributed by atoms with E-state index < -0.39 is 12.4 Å². The number of hydrogen-bond acceptors (Lipinski definition) is 5. The summed E-state index contributed by atoms with van der Waals surface area (Å²) in [5.41, 5.74) is 0. The Balaban J connectivity index is 1.95. The first-order chi connectivity index (χ1) is 10.1. The van der Waals surface area contributed by atoms with Crippen LogP contribution >= 0.6 is 11.8 Å². The summed E-state index contributed by atoms with van der Waals surface area (Å²) in [5.74, 6) is 0.537. The summed E-state index contributed by atoms with van der Waals surface area (Å²) in [4.78, 5) is 24.0. The van der Waals surface area contributed by atoms with Gasteiger partial charge in [-0.1, -0.05) is 12.1 Å². The predicted molar refractivity (Wildman–Crippen MR) is 78.7 cm³/mol. The molecule has 1 amide bonds. The molecule has 2 rings (SSSR count). The SMILES string of the molecule is COc1ccccc1OC[C@H]1SCCN1C(=O)CC(=O)O. The van der Waals surface area contributed by atoms with Crippen molar-refractivity contribution < 1.29 is 24.2 Å². The van der Waals surface area contributed by atoms with Crippen molar-refractivity contribution in [1.82, 2.24) is 4.90 Å². The predicted octanol–water partition coefficient (Wildman–Crippen LogP) is 1.45. The van der Waals surface area contributed by atoms with Crippen molar-refractivity contribution in [3.8, 4) is 11.5 Å². The van der Waals surface area contributed by atoms with Crippen LogP contribution in [0.1, 0.15) is 6.42 Å². The van der Waals surface area contributed by atoms with E-state index in [9.17, 15) is 9.59 Å². The van der Waals surface area contributed by atoms with Crippen molar-refractivity contribution in [3.05, 3.63) is 24.3 Å². The smallest absolute Gasteiger partial charge is 0.312 e. The van der Waals surface area contributed by atoms with Crippen molar-refractivity contribution in [2.75, 3.05) is 26.0 Å². The van der Waals surface area contributed by atoms with Crippen molar-refractivity contribution in [3.63, 3.8) is 0 Å². The van der Waals surface area contributed by atoms with Crippen molar-refractivity contribution in [1.29, 1.82) is 0 Å². The van der Waals surface area contributed by atoms with E-state index in [4.69, 9.17) is 14.6 Å². The van der Waals surface area contributed by atoms with Gasteiger partial charge in [0.05, 0.1) is 7.11 Å². The maximum Gasteiger partial charge on any atom is 0.312 e. The first kappa shape index (κ1) is 15.5. The number of para-hydroxylation sites is 2. The molecule has 0 saturated carbocycles. The van der Waals surface area contributed by atoms with Gasteiger partial charge in [0.15, 0.2) is 11.5 Å². The fourth-order valence-corrected chi connectivity index (χ4v) is 3.22. The molecule has 1 fully saturated rings. The minimum absolute atomic E-state index is 0.165. The first-order valence-electron chi connectivity index (χ1n) is 6.50. The molecule has 0 spiro atoms. The molecule has 1 aromatic carbocycles. The number of benzene rings is 1. The Morgan fingerprint density at radius 2 is 2.10 bits per heavy atom. The van der Waals surface area contributed by atoms with Gasteiger partial charge in [0.2, 0.25) is 5.91 Å². The van der Waals surface area contributed by atoms with E-state index in [1.165, 1.54) is 0 Å². The summed E-state index contributed by atoms with van der Waals surface area (Å²) < 4.78 is 10.9. The van der Waals surface area contributed by atoms with Crippen LogP contribution in [-0.4, -0.2) is 53.3 Å². The van der Waals surface area contributed by atoms with E-state index in [0.717, 1.165) is 5.75 Å². The van der Waals surface area contributed by atoms with Gasteiger partial charge in [0.1, 0.15) is 18.4 Å². The minimum atomic E-state index is -1.11. The number of rotatable bonds is 6. The number of hydrogen-bond donors (Lipinski definition) is 1. The fraction of sp³-hybridized carbons (Fsp3) is 0.429. The lowest BCUT2D eigenvalue weighted by atomic mass is 10.3. The lowest BCUT2D eigenvalue weighted by molar-refractivity contribution is -0.144. The van der Waals surface area contributed by atoms with Gasteiger partial charge in [-0.3, -0.25) is 9.59 Å². The number of carbonyl (C=O) groups is 2. The monoisotopic (exact) mass is 311 g/mol. The third-order valence-electron chi connectivity index (χ3n) is 3.06. The van der Waals surface area contributed by atoms with Gasteiger partial charge >= 0.3 is 5.97 Å². The number of thioether (sulfide) groups is 1. The standard InChI is InChI=1S/C14H17NO5S/c1-19-10-4-2-3-5-11(10)20-9-13-15(6-7-21-13)12(16)8-14(17)18/h2-5,13H,6-9H2,1H3,(H,17,18)/t13-/m1/s1. The van der Waals surface area contributed by atoms with Gasteiger partial charge in [0, 0.05) is 12.3 Å². The number of amides is 1. The number of carboxylic acid groups (broad SMARTS) is 1. The molecule has 0 radical (unpaired) electrons. The summed E-state index contributed by atoms with van der Waals surface area (Å²) in [7, 11) is 1.56. The Labute approximate surface area is 127 Å². The van der Waals surface area contributed by atoms with Crippen LogP contribution in [0.3, 0.4) is 0 Å². The second-order valence-corrected chi connectivity index (χ2v) is 5.73. The molecular weight excluding hydrogens is 294 g/mol. The highest BCUT2D eigenvalue weighted by atomic mass is 32.2. The molecule has 0 aromatic heterocycles. The Morgan fingerprint density at radius 1 is 1.38 bits per heavy atom. The van der Waals surface area contributed by atoms with E-state index in [1.807, 2.05) is 12.1 Å². The van der Waals surface area contributed by atoms with E-state index >= 15 is 0 Å². The second kappa shape index (κ2) is 7.21. The minimum Gasteiger partial charge on any atom is -0.493 e. The highest BCUT2D eigenvalue weighted by Crippen LogP contribution is 2.29. The van der Waals surface area contributed by atoms with Crippen molar-refractivity contribution >= 4 is 23.6 Å². The lowest BCUT2D eigenvalue weighted by Crippen LogP contribution is -2.39. The molecule has 1 heterocycles. The molecular formula is C14H17NO5S. The average molecular weight is 311 g/mol. The molecule has 1 saturated heterocycles. The van der Waals surface area contributed by atoms with Crippen LogP contribution in [0.25, 0.3) is 0 Å². The van der Waals surface area contributed by atoms with Crippen LogP contribution in [0.2, 0.25) is 0 Å². The highest BCUT2D eigenvalue weighted by Gasteiger charge is 2.30. The van der Waals surface area contributed by atoms with Gasteiger partial charge in [-0.25, -0.2) is 0 Å². The zero-order valence-corrected chi connectivity index (χ0v) is 12.5. The van der Waals surface area contributed by atoms with E-state index in [2.05, 4.69) is 0 Å². The maximum absolute atomic E-state index is 11.9.